The Bertz CT molecular complexity index is 704. The molecule has 0 radical (unpaired) electrons. The third-order valence-corrected chi connectivity index (χ3v) is 5.69. The Hall–Kier alpha value is -1.72. The zero-order valence-electron chi connectivity index (χ0n) is 16.8. The first kappa shape index (κ1) is 21.0. The second-order valence-corrected chi connectivity index (χ2v) is 7.79. The van der Waals surface area contributed by atoms with Crippen LogP contribution in [0.4, 0.5) is 0 Å². The Kier molecular flexibility index (Phi) is 8.04. The van der Waals surface area contributed by atoms with Crippen molar-refractivity contribution in [3.8, 4) is 0 Å². The van der Waals surface area contributed by atoms with E-state index in [0.717, 1.165) is 36.9 Å². The van der Waals surface area contributed by atoms with Gasteiger partial charge < -0.3 is 14.9 Å². The molecule has 1 heterocycles. The Morgan fingerprint density at radius 2 is 1.82 bits per heavy atom. The molecule has 0 bridgehead atoms. The maximum absolute atomic E-state index is 10.7. The number of benzene rings is 2. The number of β-amino-alcohol motifs (C(OH)–C–C–N with tert-alkyl or cyclic N) is 1. The van der Waals surface area contributed by atoms with Gasteiger partial charge in [-0.15, -0.1) is 0 Å². The maximum atomic E-state index is 10.7. The first-order valence-corrected chi connectivity index (χ1v) is 10.4. The molecule has 1 saturated heterocycles. The van der Waals surface area contributed by atoms with E-state index in [2.05, 4.69) is 36.1 Å². The Morgan fingerprint density at radius 3 is 2.57 bits per heavy atom. The fourth-order valence-corrected chi connectivity index (χ4v) is 4.18. The summed E-state index contributed by atoms with van der Waals surface area (Å²) in [5.74, 6) is 0. The van der Waals surface area contributed by atoms with Gasteiger partial charge in [-0.3, -0.25) is 4.90 Å². The molecule has 28 heavy (non-hydrogen) atoms. The first-order valence-electron chi connectivity index (χ1n) is 10.4. The van der Waals surface area contributed by atoms with Crippen LogP contribution in [0.25, 0.3) is 0 Å². The highest BCUT2D eigenvalue weighted by atomic mass is 16.5. The maximum Gasteiger partial charge on any atom is 0.108 e. The van der Waals surface area contributed by atoms with E-state index >= 15 is 0 Å². The van der Waals surface area contributed by atoms with Crippen molar-refractivity contribution in [2.45, 2.75) is 50.9 Å². The molecule has 1 aliphatic heterocycles. The first-order chi connectivity index (χ1) is 13.7. The highest BCUT2D eigenvalue weighted by molar-refractivity contribution is 5.35. The minimum absolute atomic E-state index is 0.188. The van der Waals surface area contributed by atoms with E-state index in [1.165, 1.54) is 12.0 Å². The normalized spacial score (nSPS) is 20.0. The van der Waals surface area contributed by atoms with Crippen LogP contribution in [0.5, 0.6) is 0 Å². The minimum Gasteiger partial charge on any atom is -0.396 e. The van der Waals surface area contributed by atoms with Crippen molar-refractivity contribution in [3.63, 3.8) is 0 Å². The number of hydrogen-bond acceptors (Lipinski definition) is 4. The van der Waals surface area contributed by atoms with E-state index < -0.39 is 6.10 Å². The van der Waals surface area contributed by atoms with Gasteiger partial charge in [-0.05, 0) is 49.4 Å². The number of aliphatic hydroxyl groups excluding tert-OH is 2. The van der Waals surface area contributed by atoms with Gasteiger partial charge in [0, 0.05) is 19.2 Å². The molecule has 0 aromatic heterocycles. The molecule has 3 rings (SSSR count). The number of hydrogen-bond donors (Lipinski definition) is 2. The van der Waals surface area contributed by atoms with Crippen LogP contribution in [-0.2, 0) is 4.74 Å². The predicted molar refractivity (Wildman–Crippen MR) is 112 cm³/mol. The summed E-state index contributed by atoms with van der Waals surface area (Å²) in [4.78, 5) is 2.32. The topological polar surface area (TPSA) is 52.9 Å². The SMILES string of the molecule is Cc1ccccc1[C@H](OC[C@H](O)CN1CCCC[C@H]1CCO)c1ccccc1. The molecule has 3 atom stereocenters. The third kappa shape index (κ3) is 5.65. The quantitative estimate of drug-likeness (QED) is 0.693. The summed E-state index contributed by atoms with van der Waals surface area (Å²) in [5, 5.41) is 20.0. The fraction of sp³-hybridized carbons (Fsp3) is 0.500. The Morgan fingerprint density at radius 1 is 1.07 bits per heavy atom. The lowest BCUT2D eigenvalue weighted by atomic mass is 9.97. The summed E-state index contributed by atoms with van der Waals surface area (Å²) < 4.78 is 6.27. The molecule has 0 unspecified atom stereocenters. The van der Waals surface area contributed by atoms with Crippen LogP contribution in [0.1, 0.15) is 48.5 Å². The van der Waals surface area contributed by atoms with Crippen LogP contribution in [0.3, 0.4) is 0 Å². The summed E-state index contributed by atoms with van der Waals surface area (Å²) in [6.45, 7) is 4.17. The van der Waals surface area contributed by atoms with Crippen molar-refractivity contribution in [1.29, 1.82) is 0 Å². The smallest absolute Gasteiger partial charge is 0.108 e. The molecule has 152 valence electrons. The van der Waals surface area contributed by atoms with E-state index in [1.54, 1.807) is 0 Å². The van der Waals surface area contributed by atoms with Gasteiger partial charge in [0.15, 0.2) is 0 Å². The zero-order valence-corrected chi connectivity index (χ0v) is 16.8. The van der Waals surface area contributed by atoms with Gasteiger partial charge in [0.25, 0.3) is 0 Å². The van der Waals surface area contributed by atoms with E-state index in [4.69, 9.17) is 4.74 Å². The van der Waals surface area contributed by atoms with Crippen LogP contribution in [0.15, 0.2) is 54.6 Å². The molecule has 4 nitrogen and oxygen atoms in total. The van der Waals surface area contributed by atoms with Crippen molar-refractivity contribution in [1.82, 2.24) is 4.90 Å². The number of aryl methyl sites for hydroxylation is 1. The number of rotatable bonds is 9. The molecule has 1 aliphatic rings. The van der Waals surface area contributed by atoms with Gasteiger partial charge in [0.05, 0.1) is 12.7 Å². The molecule has 0 spiro atoms. The number of ether oxygens (including phenoxy) is 1. The van der Waals surface area contributed by atoms with Gasteiger partial charge in [-0.25, -0.2) is 0 Å². The molecular weight excluding hydrogens is 350 g/mol. The van der Waals surface area contributed by atoms with Crippen LogP contribution in [0, 0.1) is 6.92 Å². The lowest BCUT2D eigenvalue weighted by Crippen LogP contribution is -2.45. The van der Waals surface area contributed by atoms with Crippen molar-refractivity contribution in [3.05, 3.63) is 71.3 Å². The van der Waals surface area contributed by atoms with E-state index in [-0.39, 0.29) is 19.3 Å². The molecule has 0 amide bonds. The van der Waals surface area contributed by atoms with Crippen molar-refractivity contribution in [2.75, 3.05) is 26.3 Å². The molecule has 2 N–H and O–H groups in total. The van der Waals surface area contributed by atoms with Crippen molar-refractivity contribution < 1.29 is 14.9 Å². The average molecular weight is 384 g/mol. The number of likely N-dealkylation sites (tertiary alicyclic amines) is 1. The number of aliphatic hydroxyl groups is 2. The Labute approximate surface area is 168 Å². The minimum atomic E-state index is -0.547. The van der Waals surface area contributed by atoms with Gasteiger partial charge in [0.2, 0.25) is 0 Å². The largest absolute Gasteiger partial charge is 0.396 e. The van der Waals surface area contributed by atoms with Crippen molar-refractivity contribution in [2.24, 2.45) is 0 Å². The molecule has 0 saturated carbocycles. The molecular formula is C24H33NO3. The van der Waals surface area contributed by atoms with E-state index in [0.29, 0.717) is 12.6 Å². The standard InChI is InChI=1S/C24H33NO3/c1-19-9-5-6-13-23(19)24(20-10-3-2-4-11-20)28-18-22(27)17-25-15-8-7-12-21(25)14-16-26/h2-6,9-11,13,21-22,24,26-27H,7-8,12,14-18H2,1H3/t21-,22+,24+/m0/s1. The molecule has 1 fully saturated rings. The van der Waals surface area contributed by atoms with Crippen LogP contribution in [0.2, 0.25) is 0 Å². The summed E-state index contributed by atoms with van der Waals surface area (Å²) in [6, 6.07) is 18.8. The highest BCUT2D eigenvalue weighted by Gasteiger charge is 2.25. The second kappa shape index (κ2) is 10.7. The van der Waals surface area contributed by atoms with Crippen LogP contribution >= 0.6 is 0 Å². The average Bonchev–Trinajstić information content (AvgIpc) is 2.72. The lowest BCUT2D eigenvalue weighted by Gasteiger charge is -2.36. The fourth-order valence-electron chi connectivity index (χ4n) is 4.18. The van der Waals surface area contributed by atoms with Crippen LogP contribution in [-0.4, -0.2) is 53.6 Å². The van der Waals surface area contributed by atoms with Gasteiger partial charge >= 0.3 is 0 Å². The van der Waals surface area contributed by atoms with Gasteiger partial charge in [-0.1, -0.05) is 61.0 Å². The Balaban J connectivity index is 1.65. The second-order valence-electron chi connectivity index (χ2n) is 7.79. The van der Waals surface area contributed by atoms with Crippen molar-refractivity contribution >= 4 is 0 Å². The highest BCUT2D eigenvalue weighted by Crippen LogP contribution is 2.28. The lowest BCUT2D eigenvalue weighted by molar-refractivity contribution is -0.0205. The molecule has 4 heteroatoms. The summed E-state index contributed by atoms with van der Waals surface area (Å²) in [5.41, 5.74) is 3.42. The number of nitrogens with zero attached hydrogens (tertiary/aromatic N) is 1. The summed E-state index contributed by atoms with van der Waals surface area (Å²) >= 11 is 0. The monoisotopic (exact) mass is 383 g/mol. The third-order valence-electron chi connectivity index (χ3n) is 5.69. The summed E-state index contributed by atoms with van der Waals surface area (Å²) in [6.07, 6.45) is 3.51. The summed E-state index contributed by atoms with van der Waals surface area (Å²) in [7, 11) is 0. The van der Waals surface area contributed by atoms with E-state index in [1.807, 2.05) is 30.3 Å². The zero-order chi connectivity index (χ0) is 19.8. The number of piperidine rings is 1. The molecule has 2 aromatic rings. The molecule has 0 aliphatic carbocycles. The van der Waals surface area contributed by atoms with Gasteiger partial charge in [0.1, 0.15) is 6.10 Å². The van der Waals surface area contributed by atoms with Gasteiger partial charge in [-0.2, -0.15) is 0 Å². The van der Waals surface area contributed by atoms with Crippen LogP contribution < -0.4 is 0 Å². The predicted octanol–water partition coefficient (Wildman–Crippen LogP) is 3.70. The molecule has 2 aromatic carbocycles. The van der Waals surface area contributed by atoms with E-state index in [9.17, 15) is 10.2 Å².